The molecule has 0 aliphatic rings. The van der Waals surface area contributed by atoms with Crippen molar-refractivity contribution in [2.75, 3.05) is 0 Å². The van der Waals surface area contributed by atoms with E-state index in [2.05, 4.69) is 16.0 Å². The van der Waals surface area contributed by atoms with Crippen LogP contribution in [0, 0.1) is 5.92 Å². The van der Waals surface area contributed by atoms with Crippen molar-refractivity contribution < 1.29 is 19.2 Å². The molecule has 3 aromatic rings. The third kappa shape index (κ3) is 6.76. The number of amides is 3. The van der Waals surface area contributed by atoms with Crippen molar-refractivity contribution in [2.24, 2.45) is 5.92 Å². The Morgan fingerprint density at radius 2 is 1.43 bits per heavy atom. The summed E-state index contributed by atoms with van der Waals surface area (Å²) in [7, 11) is 0. The van der Waals surface area contributed by atoms with Crippen molar-refractivity contribution in [1.29, 1.82) is 0 Å². The van der Waals surface area contributed by atoms with Crippen LogP contribution < -0.4 is 16.0 Å². The molecule has 0 radical (unpaired) electrons. The van der Waals surface area contributed by atoms with Crippen LogP contribution in [0.15, 0.2) is 72.8 Å². The molecule has 3 unspecified atom stereocenters. The molecule has 35 heavy (non-hydrogen) atoms. The summed E-state index contributed by atoms with van der Waals surface area (Å²) in [5.41, 5.74) is 1.33. The minimum Gasteiger partial charge on any atom is -0.345 e. The summed E-state index contributed by atoms with van der Waals surface area (Å²) in [4.78, 5) is 50.0. The first-order valence-electron chi connectivity index (χ1n) is 11.7. The predicted octanol–water partition coefficient (Wildman–Crippen LogP) is 3.03. The van der Waals surface area contributed by atoms with Crippen LogP contribution in [0.25, 0.3) is 10.8 Å². The van der Waals surface area contributed by atoms with E-state index in [0.29, 0.717) is 11.8 Å². The molecule has 0 spiro atoms. The van der Waals surface area contributed by atoms with E-state index in [1.807, 2.05) is 56.3 Å². The van der Waals surface area contributed by atoms with Crippen molar-refractivity contribution in [2.45, 2.75) is 45.3 Å². The minimum absolute atomic E-state index is 0.0800. The molecule has 0 fully saturated rings. The highest BCUT2D eigenvalue weighted by Crippen LogP contribution is 2.20. The molecule has 7 nitrogen and oxygen atoms in total. The summed E-state index contributed by atoms with van der Waals surface area (Å²) in [6.07, 6.45) is 0.920. The first-order valence-corrected chi connectivity index (χ1v) is 11.7. The summed E-state index contributed by atoms with van der Waals surface area (Å²) in [5.74, 6) is -1.42. The van der Waals surface area contributed by atoms with E-state index in [4.69, 9.17) is 0 Å². The summed E-state index contributed by atoms with van der Waals surface area (Å²) < 4.78 is 0. The predicted molar refractivity (Wildman–Crippen MR) is 136 cm³/mol. The molecule has 0 saturated carbocycles. The fourth-order valence-corrected chi connectivity index (χ4v) is 3.76. The monoisotopic (exact) mass is 473 g/mol. The van der Waals surface area contributed by atoms with Crippen molar-refractivity contribution in [1.82, 2.24) is 16.0 Å². The quantitative estimate of drug-likeness (QED) is 0.394. The largest absolute Gasteiger partial charge is 0.345 e. The molecule has 3 N–H and O–H groups in total. The maximum Gasteiger partial charge on any atom is 0.251 e. The van der Waals surface area contributed by atoms with Crippen molar-refractivity contribution in [3.63, 3.8) is 0 Å². The molecule has 0 aliphatic carbocycles. The zero-order chi connectivity index (χ0) is 25.4. The molecule has 0 heterocycles. The molecular formula is C28H31N3O4. The van der Waals surface area contributed by atoms with Gasteiger partial charge in [-0.25, -0.2) is 0 Å². The van der Waals surface area contributed by atoms with Gasteiger partial charge in [-0.1, -0.05) is 74.5 Å². The number of hydrogen-bond donors (Lipinski definition) is 3. The van der Waals surface area contributed by atoms with E-state index in [-0.39, 0.29) is 18.2 Å². The zero-order valence-corrected chi connectivity index (χ0v) is 20.2. The number of hydrogen-bond acceptors (Lipinski definition) is 4. The molecule has 0 bridgehead atoms. The van der Waals surface area contributed by atoms with Gasteiger partial charge in [-0.05, 0) is 41.3 Å². The lowest BCUT2D eigenvalue weighted by atomic mass is 9.98. The van der Waals surface area contributed by atoms with Crippen LogP contribution in [0.1, 0.15) is 36.7 Å². The van der Waals surface area contributed by atoms with Gasteiger partial charge in [-0.3, -0.25) is 14.4 Å². The van der Waals surface area contributed by atoms with E-state index < -0.39 is 29.9 Å². The Morgan fingerprint density at radius 1 is 0.771 bits per heavy atom. The van der Waals surface area contributed by atoms with Crippen molar-refractivity contribution in [3.05, 3.63) is 83.9 Å². The number of benzene rings is 3. The lowest BCUT2D eigenvalue weighted by Gasteiger charge is -2.23. The Labute approximate surface area is 205 Å². The van der Waals surface area contributed by atoms with Crippen LogP contribution in [0.4, 0.5) is 0 Å². The summed E-state index contributed by atoms with van der Waals surface area (Å²) in [6, 6.07) is 19.8. The van der Waals surface area contributed by atoms with Crippen LogP contribution >= 0.6 is 0 Å². The highest BCUT2D eigenvalue weighted by atomic mass is 16.2. The SMILES string of the molecule is CC(NC(=O)C(Cc1cccc2ccccc12)NC(=O)c1ccccc1)C(=O)NC(C=O)C(C)C. The molecule has 182 valence electrons. The number of rotatable bonds is 10. The summed E-state index contributed by atoms with van der Waals surface area (Å²) >= 11 is 0. The second kappa shape index (κ2) is 11.9. The number of fused-ring (bicyclic) bond motifs is 1. The molecule has 0 aromatic heterocycles. The van der Waals surface area contributed by atoms with E-state index in [1.165, 1.54) is 0 Å². The molecule has 3 rings (SSSR count). The Balaban J connectivity index is 1.81. The highest BCUT2D eigenvalue weighted by Gasteiger charge is 2.27. The molecule has 0 saturated heterocycles. The number of carbonyl (C=O) groups excluding carboxylic acids is 4. The van der Waals surface area contributed by atoms with E-state index >= 15 is 0 Å². The first-order chi connectivity index (χ1) is 16.8. The Kier molecular flexibility index (Phi) is 8.73. The van der Waals surface area contributed by atoms with Gasteiger partial charge in [0.05, 0.1) is 6.04 Å². The standard InChI is InChI=1S/C28H31N3O4/c1-18(2)25(17-32)31-26(33)19(3)29-28(35)24(30-27(34)21-11-5-4-6-12-21)16-22-14-9-13-20-10-7-8-15-23(20)22/h4-15,17-19,24-25H,16H2,1-3H3,(H,29,35)(H,30,34)(H,31,33). The number of carbonyl (C=O) groups is 4. The Hall–Kier alpha value is -4.00. The van der Waals surface area contributed by atoms with Gasteiger partial charge in [-0.15, -0.1) is 0 Å². The Bertz CT molecular complexity index is 1190. The molecular weight excluding hydrogens is 442 g/mol. The summed E-state index contributed by atoms with van der Waals surface area (Å²) in [6.45, 7) is 5.19. The normalized spacial score (nSPS) is 13.5. The van der Waals surface area contributed by atoms with Crippen LogP contribution in [0.3, 0.4) is 0 Å². The van der Waals surface area contributed by atoms with E-state index in [1.54, 1.807) is 37.3 Å². The average molecular weight is 474 g/mol. The summed E-state index contributed by atoms with van der Waals surface area (Å²) in [5, 5.41) is 10.2. The van der Waals surface area contributed by atoms with Crippen LogP contribution in [0.2, 0.25) is 0 Å². The number of aldehydes is 1. The fraction of sp³-hybridized carbons (Fsp3) is 0.286. The van der Waals surface area contributed by atoms with Gasteiger partial charge >= 0.3 is 0 Å². The van der Waals surface area contributed by atoms with Crippen LogP contribution in [0.5, 0.6) is 0 Å². The van der Waals surface area contributed by atoms with Crippen LogP contribution in [-0.2, 0) is 20.8 Å². The smallest absolute Gasteiger partial charge is 0.251 e. The lowest BCUT2D eigenvalue weighted by Crippen LogP contribution is -2.55. The molecule has 7 heteroatoms. The lowest BCUT2D eigenvalue weighted by molar-refractivity contribution is -0.130. The Morgan fingerprint density at radius 3 is 2.11 bits per heavy atom. The second-order valence-corrected chi connectivity index (χ2v) is 8.88. The van der Waals surface area contributed by atoms with Gasteiger partial charge in [0.1, 0.15) is 18.4 Å². The maximum atomic E-state index is 13.3. The zero-order valence-electron chi connectivity index (χ0n) is 20.2. The van der Waals surface area contributed by atoms with Gasteiger partial charge in [0.2, 0.25) is 11.8 Å². The van der Waals surface area contributed by atoms with E-state index in [9.17, 15) is 19.2 Å². The molecule has 0 aliphatic heterocycles. The van der Waals surface area contributed by atoms with Gasteiger partial charge in [0, 0.05) is 12.0 Å². The van der Waals surface area contributed by atoms with E-state index in [0.717, 1.165) is 16.3 Å². The highest BCUT2D eigenvalue weighted by molar-refractivity contribution is 5.99. The second-order valence-electron chi connectivity index (χ2n) is 8.88. The van der Waals surface area contributed by atoms with Crippen LogP contribution in [-0.4, -0.2) is 42.1 Å². The van der Waals surface area contributed by atoms with Gasteiger partial charge in [0.25, 0.3) is 5.91 Å². The first kappa shape index (κ1) is 25.6. The minimum atomic E-state index is -0.921. The number of nitrogens with one attached hydrogen (secondary N) is 3. The average Bonchev–Trinajstić information content (AvgIpc) is 2.87. The van der Waals surface area contributed by atoms with Gasteiger partial charge in [0.15, 0.2) is 0 Å². The fourth-order valence-electron chi connectivity index (χ4n) is 3.76. The maximum absolute atomic E-state index is 13.3. The topological polar surface area (TPSA) is 104 Å². The van der Waals surface area contributed by atoms with Crippen molar-refractivity contribution in [3.8, 4) is 0 Å². The third-order valence-corrected chi connectivity index (χ3v) is 5.89. The van der Waals surface area contributed by atoms with Gasteiger partial charge in [-0.2, -0.15) is 0 Å². The molecule has 3 amide bonds. The molecule has 3 atom stereocenters. The van der Waals surface area contributed by atoms with Crippen molar-refractivity contribution >= 4 is 34.8 Å². The van der Waals surface area contributed by atoms with Gasteiger partial charge < -0.3 is 20.7 Å². The molecule has 3 aromatic carbocycles. The third-order valence-electron chi connectivity index (χ3n) is 5.89.